The number of rotatable bonds is 3. The van der Waals surface area contributed by atoms with Crippen LogP contribution in [0, 0.1) is 0 Å². The second-order valence-corrected chi connectivity index (χ2v) is 4.38. The smallest absolute Gasteiger partial charge is 0.228 e. The number of halogens is 2. The quantitative estimate of drug-likeness (QED) is 0.941. The van der Waals surface area contributed by atoms with Gasteiger partial charge in [-0.05, 0) is 11.6 Å². The Morgan fingerprint density at radius 3 is 2.78 bits per heavy atom. The number of hydrogen-bond acceptors (Lipinski definition) is 3. The number of hydrogen-bond donors (Lipinski definition) is 1. The number of aromatic nitrogens is 2. The highest BCUT2D eigenvalue weighted by molar-refractivity contribution is 6.31. The average molecular weight is 282 g/mol. The summed E-state index contributed by atoms with van der Waals surface area (Å²) in [6, 6.07) is 8.73. The second-order valence-electron chi connectivity index (χ2n) is 3.58. The van der Waals surface area contributed by atoms with Crippen molar-refractivity contribution >= 4 is 34.8 Å². The molecule has 0 saturated carbocycles. The first-order valence-electron chi connectivity index (χ1n) is 5.16. The molecule has 4 nitrogen and oxygen atoms in total. The van der Waals surface area contributed by atoms with Crippen molar-refractivity contribution in [1.29, 1.82) is 0 Å². The van der Waals surface area contributed by atoms with Gasteiger partial charge in [-0.2, -0.15) is 5.10 Å². The number of carbonyl (C=O) groups excluding carboxylic acids is 1. The van der Waals surface area contributed by atoms with Crippen molar-refractivity contribution < 1.29 is 4.79 Å². The maximum atomic E-state index is 11.8. The van der Waals surface area contributed by atoms with E-state index in [1.807, 2.05) is 12.1 Å². The van der Waals surface area contributed by atoms with E-state index in [1.165, 1.54) is 12.3 Å². The molecule has 0 unspecified atom stereocenters. The Hall–Kier alpha value is -1.65. The van der Waals surface area contributed by atoms with Crippen LogP contribution in [0.2, 0.25) is 10.2 Å². The molecule has 0 aliphatic rings. The molecule has 0 saturated heterocycles. The topological polar surface area (TPSA) is 54.9 Å². The first kappa shape index (κ1) is 12.8. The maximum Gasteiger partial charge on any atom is 0.228 e. The summed E-state index contributed by atoms with van der Waals surface area (Å²) in [6.45, 7) is 0. The first-order valence-corrected chi connectivity index (χ1v) is 5.92. The zero-order valence-corrected chi connectivity index (χ0v) is 10.7. The molecule has 2 rings (SSSR count). The SMILES string of the molecule is O=C(Cc1ccccc1Cl)Nc1cnnc(Cl)c1. The molecule has 1 heterocycles. The summed E-state index contributed by atoms with van der Waals surface area (Å²) in [6.07, 6.45) is 1.62. The van der Waals surface area contributed by atoms with Crippen molar-refractivity contribution in [1.82, 2.24) is 10.2 Å². The van der Waals surface area contributed by atoms with Gasteiger partial charge in [0.2, 0.25) is 5.91 Å². The van der Waals surface area contributed by atoms with Crippen LogP contribution in [0.5, 0.6) is 0 Å². The largest absolute Gasteiger partial charge is 0.324 e. The van der Waals surface area contributed by atoms with Gasteiger partial charge in [0.15, 0.2) is 5.15 Å². The van der Waals surface area contributed by atoms with Gasteiger partial charge in [-0.1, -0.05) is 41.4 Å². The Morgan fingerprint density at radius 2 is 2.06 bits per heavy atom. The van der Waals surface area contributed by atoms with Crippen molar-refractivity contribution in [2.75, 3.05) is 5.32 Å². The highest BCUT2D eigenvalue weighted by Crippen LogP contribution is 2.16. The molecule has 0 aliphatic heterocycles. The Balaban J connectivity index is 2.03. The molecule has 0 spiro atoms. The lowest BCUT2D eigenvalue weighted by molar-refractivity contribution is -0.115. The number of benzene rings is 1. The fraction of sp³-hybridized carbons (Fsp3) is 0.0833. The number of amides is 1. The lowest BCUT2D eigenvalue weighted by Crippen LogP contribution is -2.14. The van der Waals surface area contributed by atoms with Gasteiger partial charge < -0.3 is 5.32 Å². The molecule has 0 aliphatic carbocycles. The standard InChI is InChI=1S/C12H9Cl2N3O/c13-10-4-2-1-3-8(10)5-12(18)16-9-6-11(14)17-15-7-9/h1-4,6-7H,5H2,(H,16,17,18). The summed E-state index contributed by atoms with van der Waals surface area (Å²) in [4.78, 5) is 11.8. The van der Waals surface area contributed by atoms with Crippen LogP contribution in [-0.2, 0) is 11.2 Å². The van der Waals surface area contributed by atoms with Gasteiger partial charge in [0, 0.05) is 11.1 Å². The number of nitrogens with zero attached hydrogens (tertiary/aromatic N) is 2. The maximum absolute atomic E-state index is 11.8. The third kappa shape index (κ3) is 3.42. The fourth-order valence-corrected chi connectivity index (χ4v) is 1.79. The van der Waals surface area contributed by atoms with E-state index in [-0.39, 0.29) is 17.5 Å². The van der Waals surface area contributed by atoms with Gasteiger partial charge in [0.1, 0.15) is 0 Å². The van der Waals surface area contributed by atoms with Crippen molar-refractivity contribution in [2.24, 2.45) is 0 Å². The van der Waals surface area contributed by atoms with E-state index in [0.717, 1.165) is 5.56 Å². The molecular weight excluding hydrogens is 273 g/mol. The van der Waals surface area contributed by atoms with Gasteiger partial charge in [-0.15, -0.1) is 5.10 Å². The summed E-state index contributed by atoms with van der Waals surface area (Å²) in [7, 11) is 0. The van der Waals surface area contributed by atoms with Crippen LogP contribution < -0.4 is 5.32 Å². The van der Waals surface area contributed by atoms with Gasteiger partial charge in [-0.3, -0.25) is 4.79 Å². The van der Waals surface area contributed by atoms with E-state index in [1.54, 1.807) is 12.1 Å². The van der Waals surface area contributed by atoms with E-state index in [2.05, 4.69) is 15.5 Å². The van der Waals surface area contributed by atoms with Crippen LogP contribution in [0.15, 0.2) is 36.5 Å². The van der Waals surface area contributed by atoms with Crippen molar-refractivity contribution in [3.63, 3.8) is 0 Å². The predicted octanol–water partition coefficient (Wildman–Crippen LogP) is 2.96. The summed E-state index contributed by atoms with van der Waals surface area (Å²) in [5.74, 6) is -0.188. The molecule has 6 heteroatoms. The number of carbonyl (C=O) groups is 1. The molecule has 18 heavy (non-hydrogen) atoms. The zero-order chi connectivity index (χ0) is 13.0. The van der Waals surface area contributed by atoms with E-state index < -0.39 is 0 Å². The summed E-state index contributed by atoms with van der Waals surface area (Å²) in [5.41, 5.74) is 1.27. The first-order chi connectivity index (χ1) is 8.65. The van der Waals surface area contributed by atoms with Crippen LogP contribution in [-0.4, -0.2) is 16.1 Å². The minimum atomic E-state index is -0.188. The van der Waals surface area contributed by atoms with E-state index in [4.69, 9.17) is 23.2 Å². The summed E-state index contributed by atoms with van der Waals surface area (Å²) >= 11 is 11.6. The lowest BCUT2D eigenvalue weighted by atomic mass is 10.1. The number of nitrogens with one attached hydrogen (secondary N) is 1. The third-order valence-corrected chi connectivity index (χ3v) is 2.77. The third-order valence-electron chi connectivity index (χ3n) is 2.22. The van der Waals surface area contributed by atoms with Gasteiger partial charge in [0.05, 0.1) is 18.3 Å². The Bertz CT molecular complexity index is 575. The summed E-state index contributed by atoms with van der Waals surface area (Å²) in [5, 5.41) is 10.7. The minimum Gasteiger partial charge on any atom is -0.324 e. The molecule has 1 aromatic heterocycles. The highest BCUT2D eigenvalue weighted by atomic mass is 35.5. The molecule has 92 valence electrons. The Kier molecular flexibility index (Phi) is 4.12. The zero-order valence-electron chi connectivity index (χ0n) is 9.23. The van der Waals surface area contributed by atoms with Crippen LogP contribution in [0.25, 0.3) is 0 Å². The van der Waals surface area contributed by atoms with Crippen LogP contribution in [0.3, 0.4) is 0 Å². The minimum absolute atomic E-state index is 0.188. The van der Waals surface area contributed by atoms with Gasteiger partial charge in [-0.25, -0.2) is 0 Å². The Morgan fingerprint density at radius 1 is 1.28 bits per heavy atom. The Labute approximate surface area is 114 Å². The van der Waals surface area contributed by atoms with Crippen LogP contribution in [0.1, 0.15) is 5.56 Å². The highest BCUT2D eigenvalue weighted by Gasteiger charge is 2.07. The molecule has 1 N–H and O–H groups in total. The van der Waals surface area contributed by atoms with Crippen molar-refractivity contribution in [2.45, 2.75) is 6.42 Å². The molecule has 0 fully saturated rings. The average Bonchev–Trinajstić information content (AvgIpc) is 2.32. The van der Waals surface area contributed by atoms with E-state index in [0.29, 0.717) is 10.7 Å². The second kappa shape index (κ2) is 5.80. The molecule has 1 amide bonds. The fourth-order valence-electron chi connectivity index (χ4n) is 1.43. The van der Waals surface area contributed by atoms with Crippen LogP contribution >= 0.6 is 23.2 Å². The number of anilines is 1. The molecular formula is C12H9Cl2N3O. The molecule has 0 radical (unpaired) electrons. The van der Waals surface area contributed by atoms with Crippen molar-refractivity contribution in [3.05, 3.63) is 52.3 Å². The normalized spacial score (nSPS) is 10.1. The lowest BCUT2D eigenvalue weighted by Gasteiger charge is -2.06. The molecule has 0 bridgehead atoms. The van der Waals surface area contributed by atoms with Gasteiger partial charge >= 0.3 is 0 Å². The predicted molar refractivity (Wildman–Crippen MR) is 70.8 cm³/mol. The van der Waals surface area contributed by atoms with E-state index >= 15 is 0 Å². The monoisotopic (exact) mass is 281 g/mol. The van der Waals surface area contributed by atoms with Crippen molar-refractivity contribution in [3.8, 4) is 0 Å². The molecule has 1 aromatic carbocycles. The van der Waals surface area contributed by atoms with E-state index in [9.17, 15) is 4.79 Å². The van der Waals surface area contributed by atoms with Crippen LogP contribution in [0.4, 0.5) is 5.69 Å². The molecule has 0 atom stereocenters. The summed E-state index contributed by atoms with van der Waals surface area (Å²) < 4.78 is 0. The van der Waals surface area contributed by atoms with Gasteiger partial charge in [0.25, 0.3) is 0 Å². The molecule has 2 aromatic rings.